The van der Waals surface area contributed by atoms with Crippen molar-refractivity contribution >= 4 is 40.4 Å². The van der Waals surface area contributed by atoms with Gasteiger partial charge in [-0.05, 0) is 66.5 Å². The monoisotopic (exact) mass is 703 g/mol. The van der Waals surface area contributed by atoms with E-state index >= 15 is 0 Å². The number of hydrogen-bond acceptors (Lipinski definition) is 6. The Balaban J connectivity index is 1.22. The second-order valence-corrected chi connectivity index (χ2v) is 14.7. The van der Waals surface area contributed by atoms with Gasteiger partial charge in [-0.1, -0.05) is 56.1 Å². The van der Waals surface area contributed by atoms with Gasteiger partial charge in [-0.3, -0.25) is 19.1 Å². The lowest BCUT2D eigenvalue weighted by molar-refractivity contribution is -0.134. The van der Waals surface area contributed by atoms with Crippen LogP contribution in [0, 0.1) is 11.8 Å². The summed E-state index contributed by atoms with van der Waals surface area (Å²) in [7, 11) is 1.71. The van der Waals surface area contributed by atoms with Crippen molar-refractivity contribution in [2.24, 2.45) is 18.9 Å². The number of hydrogen-bond donors (Lipinski definition) is 4. The first kappa shape index (κ1) is 34.2. The Morgan fingerprint density at radius 2 is 1.90 bits per heavy atom. The first-order chi connectivity index (χ1) is 24.1. The molecule has 7 rings (SSSR count). The SMILES string of the molecule is CC(C)[C@@H](c1ccccc1Cl)[C@H](NC(=O)c1ccnn1C)c1nc2cc(C3(C(=O)N[C@@H](C(=O)N[C@@H]4C[C@@H]4F)C4CCC4)CCOC3)ccc2[nH]1. The van der Waals surface area contributed by atoms with Crippen LogP contribution < -0.4 is 16.0 Å². The van der Waals surface area contributed by atoms with E-state index in [4.69, 9.17) is 21.3 Å². The zero-order chi connectivity index (χ0) is 35.2. The zero-order valence-electron chi connectivity index (χ0n) is 28.4. The normalized spacial score (nSPS) is 23.6. The maximum absolute atomic E-state index is 14.2. The minimum atomic E-state index is -1.04. The molecule has 2 saturated carbocycles. The van der Waals surface area contributed by atoms with Crippen LogP contribution in [0.1, 0.15) is 85.4 Å². The number of aryl methyl sites for hydroxylation is 1. The molecule has 11 nitrogen and oxygen atoms in total. The number of ether oxygens (including phenoxy) is 1. The van der Waals surface area contributed by atoms with Crippen molar-refractivity contribution in [2.45, 2.75) is 81.6 Å². The summed E-state index contributed by atoms with van der Waals surface area (Å²) in [5, 5.41) is 13.8. The number of alkyl halides is 1. The Bertz CT molecular complexity index is 1900. The van der Waals surface area contributed by atoms with Gasteiger partial charge < -0.3 is 25.7 Å². The third kappa shape index (κ3) is 6.51. The Kier molecular flexibility index (Phi) is 9.42. The molecule has 2 aromatic heterocycles. The molecule has 2 aromatic carbocycles. The highest BCUT2D eigenvalue weighted by atomic mass is 35.5. The van der Waals surface area contributed by atoms with Gasteiger partial charge in [-0.15, -0.1) is 0 Å². The highest BCUT2D eigenvalue weighted by Gasteiger charge is 2.48. The molecular formula is C37H43ClFN7O4. The molecule has 1 saturated heterocycles. The molecular weight excluding hydrogens is 661 g/mol. The standard InChI is InChI=1S/C37H43ClFN7O4/c1-20(2)30(23-9-4-5-10-24(23)38)32(44-34(47)29-13-15-40-46(29)3)33-41-26-12-11-22(17-28(26)42-33)37(14-16-50-19-37)36(49)45-31(21-7-6-8-21)35(48)43-27-18-25(27)39/h4-5,9-13,15,17,20-21,25,27,30-32H,6-8,14,16,18-19H2,1-3H3,(H,41,42)(H,43,48)(H,44,47)(H,45,49)/t25-,27+,30-,31+,32-,37?/m0/s1. The largest absolute Gasteiger partial charge is 0.380 e. The molecule has 6 atom stereocenters. The zero-order valence-corrected chi connectivity index (χ0v) is 29.2. The van der Waals surface area contributed by atoms with E-state index in [-0.39, 0.29) is 42.1 Å². The van der Waals surface area contributed by atoms with E-state index < -0.39 is 29.7 Å². The number of fused-ring (bicyclic) bond motifs is 1. The summed E-state index contributed by atoms with van der Waals surface area (Å²) in [5.41, 5.74) is 2.32. The van der Waals surface area contributed by atoms with Gasteiger partial charge >= 0.3 is 0 Å². The fourth-order valence-electron chi connectivity index (χ4n) is 7.42. The first-order valence-corrected chi connectivity index (χ1v) is 17.8. The molecule has 4 N–H and O–H groups in total. The number of aromatic nitrogens is 4. The Morgan fingerprint density at radius 3 is 2.52 bits per heavy atom. The van der Waals surface area contributed by atoms with Crippen LogP contribution in [0.3, 0.4) is 0 Å². The first-order valence-electron chi connectivity index (χ1n) is 17.4. The molecule has 3 aliphatic rings. The van der Waals surface area contributed by atoms with E-state index in [9.17, 15) is 18.8 Å². The van der Waals surface area contributed by atoms with E-state index in [0.29, 0.717) is 41.5 Å². The summed E-state index contributed by atoms with van der Waals surface area (Å²) in [6, 6.07) is 13.1. The van der Waals surface area contributed by atoms with Gasteiger partial charge in [0.05, 0.1) is 35.1 Å². The maximum atomic E-state index is 14.2. The minimum Gasteiger partial charge on any atom is -0.380 e. The lowest BCUT2D eigenvalue weighted by atomic mass is 9.76. The van der Waals surface area contributed by atoms with E-state index in [1.807, 2.05) is 42.5 Å². The average Bonchev–Trinajstić information content (AvgIpc) is 3.50. The van der Waals surface area contributed by atoms with Crippen LogP contribution in [0.2, 0.25) is 5.02 Å². The second-order valence-electron chi connectivity index (χ2n) is 14.3. The summed E-state index contributed by atoms with van der Waals surface area (Å²) in [6.07, 6.45) is 3.94. The van der Waals surface area contributed by atoms with Gasteiger partial charge in [0.1, 0.15) is 23.7 Å². The molecule has 0 bridgehead atoms. The average molecular weight is 704 g/mol. The van der Waals surface area contributed by atoms with Crippen LogP contribution >= 0.6 is 11.6 Å². The van der Waals surface area contributed by atoms with E-state index in [0.717, 1.165) is 35.9 Å². The summed E-state index contributed by atoms with van der Waals surface area (Å²) >= 11 is 6.75. The molecule has 2 aliphatic carbocycles. The Hall–Kier alpha value is -4.29. The fraction of sp³-hybridized carbons (Fsp3) is 0.486. The smallest absolute Gasteiger partial charge is 0.270 e. The van der Waals surface area contributed by atoms with Gasteiger partial charge in [-0.25, -0.2) is 9.37 Å². The van der Waals surface area contributed by atoms with Crippen LogP contribution in [-0.4, -0.2) is 68.9 Å². The number of benzene rings is 2. The number of carbonyl (C=O) groups excluding carboxylic acids is 3. The van der Waals surface area contributed by atoms with Crippen LogP contribution in [0.25, 0.3) is 11.0 Å². The third-order valence-electron chi connectivity index (χ3n) is 10.7. The molecule has 3 fully saturated rings. The minimum absolute atomic E-state index is 0.0111. The van der Waals surface area contributed by atoms with Gasteiger partial charge in [-0.2, -0.15) is 5.10 Å². The molecule has 3 amide bonds. The summed E-state index contributed by atoms with van der Waals surface area (Å²) < 4.78 is 21.0. The summed E-state index contributed by atoms with van der Waals surface area (Å²) in [5.74, 6) is -0.565. The molecule has 0 radical (unpaired) electrons. The topological polar surface area (TPSA) is 143 Å². The van der Waals surface area contributed by atoms with E-state index in [1.54, 1.807) is 19.3 Å². The number of amides is 3. The van der Waals surface area contributed by atoms with Gasteiger partial charge in [0, 0.05) is 37.2 Å². The lowest BCUT2D eigenvalue weighted by Crippen LogP contribution is -2.57. The van der Waals surface area contributed by atoms with Crippen molar-refractivity contribution in [1.29, 1.82) is 0 Å². The fourth-order valence-corrected chi connectivity index (χ4v) is 7.68. The van der Waals surface area contributed by atoms with Crippen molar-refractivity contribution in [3.63, 3.8) is 0 Å². The number of nitrogens with zero attached hydrogens (tertiary/aromatic N) is 3. The lowest BCUT2D eigenvalue weighted by Gasteiger charge is -2.36. The molecule has 1 aliphatic heterocycles. The van der Waals surface area contributed by atoms with Crippen molar-refractivity contribution in [3.8, 4) is 0 Å². The molecule has 13 heteroatoms. The second kappa shape index (κ2) is 13.8. The molecule has 3 heterocycles. The highest BCUT2D eigenvalue weighted by molar-refractivity contribution is 6.31. The van der Waals surface area contributed by atoms with E-state index in [2.05, 4.69) is 39.9 Å². The van der Waals surface area contributed by atoms with Gasteiger partial charge in [0.25, 0.3) is 5.91 Å². The van der Waals surface area contributed by atoms with Crippen molar-refractivity contribution in [2.75, 3.05) is 13.2 Å². The predicted octanol–water partition coefficient (Wildman–Crippen LogP) is 5.03. The van der Waals surface area contributed by atoms with Crippen molar-refractivity contribution < 1.29 is 23.5 Å². The molecule has 264 valence electrons. The van der Waals surface area contributed by atoms with Crippen LogP contribution in [0.5, 0.6) is 0 Å². The number of carbonyl (C=O) groups is 3. The van der Waals surface area contributed by atoms with Crippen molar-refractivity contribution in [1.82, 2.24) is 35.7 Å². The Labute approximate surface area is 295 Å². The number of imidazole rings is 1. The molecule has 50 heavy (non-hydrogen) atoms. The third-order valence-corrected chi connectivity index (χ3v) is 11.1. The van der Waals surface area contributed by atoms with Gasteiger partial charge in [0.15, 0.2) is 0 Å². The number of nitrogens with one attached hydrogen (secondary N) is 4. The number of H-pyrrole nitrogens is 1. The maximum Gasteiger partial charge on any atom is 0.270 e. The molecule has 0 spiro atoms. The van der Waals surface area contributed by atoms with Crippen molar-refractivity contribution in [3.05, 3.63) is 82.4 Å². The number of rotatable bonds is 12. The highest BCUT2D eigenvalue weighted by Crippen LogP contribution is 2.41. The summed E-state index contributed by atoms with van der Waals surface area (Å²) in [4.78, 5) is 49.6. The predicted molar refractivity (Wildman–Crippen MR) is 186 cm³/mol. The number of aromatic amines is 1. The number of halogens is 2. The Morgan fingerprint density at radius 1 is 1.12 bits per heavy atom. The van der Waals surface area contributed by atoms with Gasteiger partial charge in [0.2, 0.25) is 11.8 Å². The van der Waals surface area contributed by atoms with Crippen LogP contribution in [0.4, 0.5) is 4.39 Å². The van der Waals surface area contributed by atoms with Crippen LogP contribution in [-0.2, 0) is 26.8 Å². The molecule has 1 unspecified atom stereocenters. The van der Waals surface area contributed by atoms with E-state index in [1.165, 1.54) is 4.68 Å². The quantitative estimate of drug-likeness (QED) is 0.163. The molecule has 4 aromatic rings. The summed E-state index contributed by atoms with van der Waals surface area (Å²) in [6.45, 7) is 4.70. The van der Waals surface area contributed by atoms with Crippen LogP contribution in [0.15, 0.2) is 54.7 Å².